The largest absolute Gasteiger partial charge is 0.411 e. The molecule has 3 aromatic rings. The Hall–Kier alpha value is -2.36. The zero-order chi connectivity index (χ0) is 16.2. The molecule has 2 aromatic carbocycles. The summed E-state index contributed by atoms with van der Waals surface area (Å²) >= 11 is 7.15. The van der Waals surface area contributed by atoms with Crippen molar-refractivity contribution in [1.82, 2.24) is 10.2 Å². The Morgan fingerprint density at radius 1 is 1.22 bits per heavy atom. The normalized spacial score (nSPS) is 10.5. The number of hydrogen-bond acceptors (Lipinski definition) is 5. The highest BCUT2D eigenvalue weighted by Gasteiger charge is 2.11. The molecule has 0 unspecified atom stereocenters. The topological polar surface area (TPSA) is 62.7 Å². The maximum Gasteiger partial charge on any atom is 0.277 e. The van der Waals surface area contributed by atoms with E-state index >= 15 is 0 Å². The Bertz CT molecular complexity index is 891. The monoisotopic (exact) mass is 345 g/mol. The van der Waals surface area contributed by atoms with Crippen molar-refractivity contribution >= 4 is 23.4 Å². The molecule has 0 radical (unpaired) electrons. The molecule has 3 rings (SSSR count). The second kappa shape index (κ2) is 6.82. The van der Waals surface area contributed by atoms with Gasteiger partial charge >= 0.3 is 0 Å². The number of nitriles is 1. The SMILES string of the molecule is N#Cc1ccc(CSc2nnc(-c3cccc(Cl)c3)o2)c(F)c1. The molecule has 0 fully saturated rings. The first-order chi connectivity index (χ1) is 11.2. The number of aromatic nitrogens is 2. The number of rotatable bonds is 4. The number of hydrogen-bond donors (Lipinski definition) is 0. The molecule has 4 nitrogen and oxygen atoms in total. The maximum atomic E-state index is 13.8. The summed E-state index contributed by atoms with van der Waals surface area (Å²) in [5.74, 6) is 0.260. The van der Waals surface area contributed by atoms with E-state index in [1.165, 1.54) is 17.8 Å². The van der Waals surface area contributed by atoms with Crippen LogP contribution in [0.15, 0.2) is 52.1 Å². The van der Waals surface area contributed by atoms with E-state index in [4.69, 9.17) is 21.3 Å². The minimum absolute atomic E-state index is 0.289. The molecule has 0 saturated carbocycles. The summed E-state index contributed by atoms with van der Waals surface area (Å²) < 4.78 is 19.3. The number of nitrogens with zero attached hydrogens (tertiary/aromatic N) is 3. The highest BCUT2D eigenvalue weighted by atomic mass is 35.5. The molecule has 0 aliphatic rings. The summed E-state index contributed by atoms with van der Waals surface area (Å²) in [6, 6.07) is 13.3. The first kappa shape index (κ1) is 15.5. The van der Waals surface area contributed by atoms with E-state index < -0.39 is 5.82 Å². The van der Waals surface area contributed by atoms with Gasteiger partial charge in [-0.05, 0) is 35.9 Å². The van der Waals surface area contributed by atoms with Crippen LogP contribution in [0.4, 0.5) is 4.39 Å². The van der Waals surface area contributed by atoms with Crippen LogP contribution >= 0.6 is 23.4 Å². The van der Waals surface area contributed by atoms with Crippen molar-refractivity contribution in [3.8, 4) is 17.5 Å². The molecule has 0 aliphatic heterocycles. The third-order valence-electron chi connectivity index (χ3n) is 3.01. The summed E-state index contributed by atoms with van der Waals surface area (Å²) in [6.07, 6.45) is 0. The van der Waals surface area contributed by atoms with Gasteiger partial charge in [0.1, 0.15) is 5.82 Å². The molecule has 0 spiro atoms. The fraction of sp³-hybridized carbons (Fsp3) is 0.0625. The predicted octanol–water partition coefficient (Wildman–Crippen LogP) is 4.69. The average molecular weight is 346 g/mol. The number of benzene rings is 2. The average Bonchev–Trinajstić information content (AvgIpc) is 3.02. The molecule has 0 saturated heterocycles. The van der Waals surface area contributed by atoms with Gasteiger partial charge in [-0.25, -0.2) is 4.39 Å². The molecule has 1 heterocycles. The van der Waals surface area contributed by atoms with Crippen LogP contribution in [0.2, 0.25) is 5.02 Å². The number of thioether (sulfide) groups is 1. The fourth-order valence-electron chi connectivity index (χ4n) is 1.88. The van der Waals surface area contributed by atoms with Gasteiger partial charge in [0.2, 0.25) is 5.89 Å². The molecule has 7 heteroatoms. The van der Waals surface area contributed by atoms with Crippen LogP contribution in [-0.4, -0.2) is 10.2 Å². The zero-order valence-corrected chi connectivity index (χ0v) is 13.2. The Morgan fingerprint density at radius 2 is 2.09 bits per heavy atom. The lowest BCUT2D eigenvalue weighted by Gasteiger charge is -2.00. The first-order valence-corrected chi connectivity index (χ1v) is 7.93. The van der Waals surface area contributed by atoms with Crippen LogP contribution < -0.4 is 0 Å². The van der Waals surface area contributed by atoms with E-state index in [0.29, 0.717) is 27.5 Å². The van der Waals surface area contributed by atoms with E-state index in [9.17, 15) is 4.39 Å². The Balaban J connectivity index is 1.72. The lowest BCUT2D eigenvalue weighted by Crippen LogP contribution is -1.89. The first-order valence-electron chi connectivity index (χ1n) is 6.56. The van der Waals surface area contributed by atoms with E-state index in [-0.39, 0.29) is 5.56 Å². The van der Waals surface area contributed by atoms with Crippen molar-refractivity contribution in [2.75, 3.05) is 0 Å². The smallest absolute Gasteiger partial charge is 0.277 e. The third-order valence-corrected chi connectivity index (χ3v) is 4.11. The number of halogens is 2. The minimum atomic E-state index is -0.425. The van der Waals surface area contributed by atoms with Gasteiger partial charge in [0.25, 0.3) is 5.22 Å². The summed E-state index contributed by atoms with van der Waals surface area (Å²) in [5.41, 5.74) is 1.48. The lowest BCUT2D eigenvalue weighted by atomic mass is 10.1. The molecule has 0 N–H and O–H groups in total. The molecule has 0 atom stereocenters. The Morgan fingerprint density at radius 3 is 2.83 bits per heavy atom. The summed E-state index contributed by atoms with van der Waals surface area (Å²) in [7, 11) is 0. The van der Waals surface area contributed by atoms with Gasteiger partial charge in [0.05, 0.1) is 11.6 Å². The highest BCUT2D eigenvalue weighted by molar-refractivity contribution is 7.98. The standard InChI is InChI=1S/C16H9ClFN3OS/c17-13-3-1-2-11(7-13)15-20-21-16(22-15)23-9-12-5-4-10(8-19)6-14(12)18/h1-7H,9H2. The minimum Gasteiger partial charge on any atom is -0.411 e. The fourth-order valence-corrected chi connectivity index (χ4v) is 2.82. The van der Waals surface area contributed by atoms with E-state index in [1.54, 1.807) is 30.3 Å². The Labute approximate surface area is 140 Å². The van der Waals surface area contributed by atoms with Crippen LogP contribution in [0.25, 0.3) is 11.5 Å². The molecule has 0 aliphatic carbocycles. The van der Waals surface area contributed by atoms with Crippen LogP contribution in [0.5, 0.6) is 0 Å². The van der Waals surface area contributed by atoms with Gasteiger partial charge in [-0.2, -0.15) is 5.26 Å². The quantitative estimate of drug-likeness (QED) is 0.642. The predicted molar refractivity (Wildman–Crippen MR) is 85.4 cm³/mol. The van der Waals surface area contributed by atoms with Gasteiger partial charge in [-0.1, -0.05) is 35.5 Å². The van der Waals surface area contributed by atoms with Gasteiger partial charge in [-0.15, -0.1) is 10.2 Å². The van der Waals surface area contributed by atoms with Crippen molar-refractivity contribution in [3.63, 3.8) is 0 Å². The van der Waals surface area contributed by atoms with Crippen molar-refractivity contribution in [1.29, 1.82) is 5.26 Å². The highest BCUT2D eigenvalue weighted by Crippen LogP contribution is 2.27. The van der Waals surface area contributed by atoms with Crippen molar-refractivity contribution in [2.24, 2.45) is 0 Å². The van der Waals surface area contributed by atoms with Gasteiger partial charge in [-0.3, -0.25) is 0 Å². The molecule has 114 valence electrons. The lowest BCUT2D eigenvalue weighted by molar-refractivity contribution is 0.465. The second-order valence-electron chi connectivity index (χ2n) is 4.59. The summed E-state index contributed by atoms with van der Waals surface area (Å²) in [4.78, 5) is 0. The maximum absolute atomic E-state index is 13.8. The van der Waals surface area contributed by atoms with Crippen LogP contribution in [0.3, 0.4) is 0 Å². The molecular formula is C16H9ClFN3OS. The summed E-state index contributed by atoms with van der Waals surface area (Å²) in [6.45, 7) is 0. The van der Waals surface area contributed by atoms with E-state index in [2.05, 4.69) is 10.2 Å². The molecular weight excluding hydrogens is 337 g/mol. The van der Waals surface area contributed by atoms with Gasteiger partial charge in [0.15, 0.2) is 0 Å². The zero-order valence-electron chi connectivity index (χ0n) is 11.7. The van der Waals surface area contributed by atoms with Gasteiger partial charge in [0, 0.05) is 16.3 Å². The second-order valence-corrected chi connectivity index (χ2v) is 5.95. The van der Waals surface area contributed by atoms with Crippen molar-refractivity contribution in [3.05, 3.63) is 64.4 Å². The molecule has 0 amide bonds. The molecule has 1 aromatic heterocycles. The van der Waals surface area contributed by atoms with Crippen LogP contribution in [0.1, 0.15) is 11.1 Å². The van der Waals surface area contributed by atoms with Crippen LogP contribution in [0, 0.1) is 17.1 Å². The summed E-state index contributed by atoms with van der Waals surface area (Å²) in [5, 5.41) is 17.5. The van der Waals surface area contributed by atoms with E-state index in [1.807, 2.05) is 12.1 Å². The Kier molecular flexibility index (Phi) is 4.60. The third kappa shape index (κ3) is 3.70. The van der Waals surface area contributed by atoms with Crippen molar-refractivity contribution < 1.29 is 8.81 Å². The van der Waals surface area contributed by atoms with E-state index in [0.717, 1.165) is 5.56 Å². The molecule has 23 heavy (non-hydrogen) atoms. The van der Waals surface area contributed by atoms with Gasteiger partial charge < -0.3 is 4.42 Å². The van der Waals surface area contributed by atoms with Crippen molar-refractivity contribution in [2.45, 2.75) is 11.0 Å². The van der Waals surface area contributed by atoms with Crippen LogP contribution in [-0.2, 0) is 5.75 Å². The molecule has 0 bridgehead atoms.